The van der Waals surface area contributed by atoms with Crippen molar-refractivity contribution in [2.75, 3.05) is 24.5 Å². The van der Waals surface area contributed by atoms with Crippen LogP contribution in [0, 0.1) is 5.92 Å². The molecule has 1 aromatic rings. The highest BCUT2D eigenvalue weighted by atomic mass is 16.1. The van der Waals surface area contributed by atoms with Crippen LogP contribution in [-0.4, -0.2) is 35.2 Å². The molecule has 104 valence electrons. The van der Waals surface area contributed by atoms with Crippen molar-refractivity contribution in [2.24, 2.45) is 5.92 Å². The van der Waals surface area contributed by atoms with Crippen molar-refractivity contribution in [3.05, 3.63) is 22.7 Å². The van der Waals surface area contributed by atoms with E-state index in [9.17, 15) is 4.79 Å². The molecule has 2 unspecified atom stereocenters. The van der Waals surface area contributed by atoms with E-state index < -0.39 is 0 Å². The molecule has 1 N–H and O–H groups in total. The lowest BCUT2D eigenvalue weighted by atomic mass is 9.94. The first kappa shape index (κ1) is 12.7. The van der Waals surface area contributed by atoms with Gasteiger partial charge in [-0.2, -0.15) is 0 Å². The smallest absolute Gasteiger partial charge is 0.293 e. The van der Waals surface area contributed by atoms with Crippen LogP contribution in [0.15, 0.2) is 17.2 Å². The third-order valence-electron chi connectivity index (χ3n) is 4.26. The Kier molecular flexibility index (Phi) is 3.55. The molecule has 0 aromatic carbocycles. The van der Waals surface area contributed by atoms with Gasteiger partial charge in [0.25, 0.3) is 5.56 Å². The first-order valence-electron chi connectivity index (χ1n) is 7.33. The third-order valence-corrected chi connectivity index (χ3v) is 4.26. The van der Waals surface area contributed by atoms with Gasteiger partial charge in [0, 0.05) is 38.1 Å². The molecule has 2 fully saturated rings. The normalized spacial score (nSPS) is 26.5. The second-order valence-corrected chi connectivity index (χ2v) is 5.62. The van der Waals surface area contributed by atoms with Gasteiger partial charge in [-0.3, -0.25) is 4.79 Å². The lowest BCUT2D eigenvalue weighted by molar-refractivity contribution is 0.340. The molecule has 2 aliphatic heterocycles. The maximum Gasteiger partial charge on any atom is 0.293 e. The summed E-state index contributed by atoms with van der Waals surface area (Å²) in [6.45, 7) is 5.85. The van der Waals surface area contributed by atoms with Gasteiger partial charge in [-0.25, -0.2) is 4.98 Å². The number of aryl methyl sites for hydroxylation is 1. The average Bonchev–Trinajstić information content (AvgIpc) is 2.85. The van der Waals surface area contributed by atoms with Gasteiger partial charge < -0.3 is 14.8 Å². The largest absolute Gasteiger partial charge is 0.350 e. The van der Waals surface area contributed by atoms with Gasteiger partial charge in [-0.15, -0.1) is 0 Å². The molecule has 3 rings (SSSR count). The monoisotopic (exact) mass is 262 g/mol. The Morgan fingerprint density at radius 3 is 3.16 bits per heavy atom. The number of rotatable bonds is 3. The minimum Gasteiger partial charge on any atom is -0.350 e. The molecule has 0 amide bonds. The number of hydrogen-bond donors (Lipinski definition) is 1. The van der Waals surface area contributed by atoms with E-state index in [4.69, 9.17) is 0 Å². The van der Waals surface area contributed by atoms with Gasteiger partial charge in [-0.1, -0.05) is 6.92 Å². The van der Waals surface area contributed by atoms with Gasteiger partial charge in [0.1, 0.15) is 0 Å². The summed E-state index contributed by atoms with van der Waals surface area (Å²) in [7, 11) is 0. The first-order chi connectivity index (χ1) is 9.29. The molecule has 2 atom stereocenters. The van der Waals surface area contributed by atoms with Crippen LogP contribution in [0.2, 0.25) is 0 Å². The highest BCUT2D eigenvalue weighted by molar-refractivity contribution is 5.38. The summed E-state index contributed by atoms with van der Waals surface area (Å²) in [4.78, 5) is 18.9. The molecule has 2 saturated heterocycles. The molecule has 5 nitrogen and oxygen atoms in total. The van der Waals surface area contributed by atoms with Crippen LogP contribution in [-0.2, 0) is 6.54 Å². The maximum absolute atomic E-state index is 12.4. The summed E-state index contributed by atoms with van der Waals surface area (Å²) in [5.74, 6) is 1.31. The number of anilines is 1. The second-order valence-electron chi connectivity index (χ2n) is 5.62. The number of nitrogens with one attached hydrogen (secondary N) is 1. The summed E-state index contributed by atoms with van der Waals surface area (Å²) in [6.07, 6.45) is 7.02. The molecule has 0 spiro atoms. The predicted molar refractivity (Wildman–Crippen MR) is 75.5 cm³/mol. The van der Waals surface area contributed by atoms with E-state index in [0.29, 0.717) is 17.8 Å². The number of nitrogens with zero attached hydrogens (tertiary/aromatic N) is 3. The van der Waals surface area contributed by atoms with Crippen molar-refractivity contribution < 1.29 is 0 Å². The van der Waals surface area contributed by atoms with E-state index in [1.54, 1.807) is 17.0 Å². The van der Waals surface area contributed by atoms with Crippen molar-refractivity contribution in [2.45, 2.75) is 38.8 Å². The van der Waals surface area contributed by atoms with Crippen molar-refractivity contribution in [1.82, 2.24) is 14.9 Å². The summed E-state index contributed by atoms with van der Waals surface area (Å²) in [6, 6.07) is 0.537. The van der Waals surface area contributed by atoms with Gasteiger partial charge in [0.05, 0.1) is 0 Å². The zero-order chi connectivity index (χ0) is 13.2. The zero-order valence-corrected chi connectivity index (χ0v) is 11.5. The van der Waals surface area contributed by atoms with Crippen LogP contribution in [0.4, 0.5) is 5.82 Å². The first-order valence-corrected chi connectivity index (χ1v) is 7.33. The summed E-state index contributed by atoms with van der Waals surface area (Å²) in [5.41, 5.74) is 0.0583. The van der Waals surface area contributed by atoms with Crippen LogP contribution in [0.5, 0.6) is 0 Å². The molecule has 1 aromatic heterocycles. The predicted octanol–water partition coefficient (Wildman–Crippen LogP) is 0.841. The molecule has 0 bridgehead atoms. The van der Waals surface area contributed by atoms with Crippen molar-refractivity contribution >= 4 is 5.82 Å². The molecular weight excluding hydrogens is 240 g/mol. The molecule has 3 heterocycles. The van der Waals surface area contributed by atoms with E-state index >= 15 is 0 Å². The van der Waals surface area contributed by atoms with E-state index in [1.165, 1.54) is 12.8 Å². The highest BCUT2D eigenvalue weighted by Crippen LogP contribution is 2.26. The zero-order valence-electron chi connectivity index (χ0n) is 11.5. The molecule has 19 heavy (non-hydrogen) atoms. The van der Waals surface area contributed by atoms with E-state index in [1.807, 2.05) is 0 Å². The molecular formula is C14H22N4O. The molecule has 5 heteroatoms. The van der Waals surface area contributed by atoms with E-state index in [2.05, 4.69) is 22.1 Å². The lowest BCUT2D eigenvalue weighted by Crippen LogP contribution is -2.41. The standard InChI is InChI=1S/C14H22N4O/c1-2-7-17-8-6-16-13(14(17)19)18-9-11-4-3-5-15-12(11)10-18/h6,8,11-12,15H,2-5,7,9-10H2,1H3. The van der Waals surface area contributed by atoms with Crippen molar-refractivity contribution in [3.8, 4) is 0 Å². The van der Waals surface area contributed by atoms with Gasteiger partial charge in [0.2, 0.25) is 0 Å². The SMILES string of the molecule is CCCn1ccnc(N2CC3CCCNC3C2)c1=O. The Morgan fingerprint density at radius 2 is 2.37 bits per heavy atom. The fourth-order valence-corrected chi connectivity index (χ4v) is 3.29. The highest BCUT2D eigenvalue weighted by Gasteiger charge is 2.35. The fraction of sp³-hybridized carbons (Fsp3) is 0.714. The van der Waals surface area contributed by atoms with Crippen LogP contribution in [0.3, 0.4) is 0 Å². The number of fused-ring (bicyclic) bond motifs is 1. The maximum atomic E-state index is 12.4. The Hall–Kier alpha value is -1.36. The van der Waals surface area contributed by atoms with Gasteiger partial charge >= 0.3 is 0 Å². The Labute approximate surface area is 113 Å². The van der Waals surface area contributed by atoms with Crippen molar-refractivity contribution in [3.63, 3.8) is 0 Å². The molecule has 0 aliphatic carbocycles. The Bertz CT molecular complexity index is 484. The van der Waals surface area contributed by atoms with E-state index in [-0.39, 0.29) is 5.56 Å². The van der Waals surface area contributed by atoms with Gasteiger partial charge in [0.15, 0.2) is 5.82 Å². The topological polar surface area (TPSA) is 50.2 Å². The summed E-state index contributed by atoms with van der Waals surface area (Å²) >= 11 is 0. The van der Waals surface area contributed by atoms with Crippen LogP contribution >= 0.6 is 0 Å². The second kappa shape index (κ2) is 5.33. The van der Waals surface area contributed by atoms with E-state index in [0.717, 1.165) is 32.6 Å². The molecule has 0 radical (unpaired) electrons. The molecule has 0 saturated carbocycles. The minimum absolute atomic E-state index is 0.0583. The average molecular weight is 262 g/mol. The molecule has 2 aliphatic rings. The summed E-state index contributed by atoms with van der Waals surface area (Å²) in [5, 5.41) is 3.56. The Morgan fingerprint density at radius 1 is 1.47 bits per heavy atom. The lowest BCUT2D eigenvalue weighted by Gasteiger charge is -2.24. The van der Waals surface area contributed by atoms with Crippen molar-refractivity contribution in [1.29, 1.82) is 0 Å². The minimum atomic E-state index is 0.0583. The van der Waals surface area contributed by atoms with Crippen LogP contribution < -0.4 is 15.8 Å². The Balaban J connectivity index is 1.83. The van der Waals surface area contributed by atoms with Gasteiger partial charge in [-0.05, 0) is 31.7 Å². The van der Waals surface area contributed by atoms with Crippen LogP contribution in [0.1, 0.15) is 26.2 Å². The summed E-state index contributed by atoms with van der Waals surface area (Å²) < 4.78 is 1.78. The number of piperidine rings is 1. The quantitative estimate of drug-likeness (QED) is 0.877. The van der Waals surface area contributed by atoms with Crippen LogP contribution in [0.25, 0.3) is 0 Å². The number of aromatic nitrogens is 2. The number of hydrogen-bond acceptors (Lipinski definition) is 4. The third kappa shape index (κ3) is 2.39. The fourth-order valence-electron chi connectivity index (χ4n) is 3.29.